The molecule has 6 heteroatoms. The Morgan fingerprint density at radius 1 is 1.56 bits per heavy atom. The topological polar surface area (TPSA) is 69.0 Å². The van der Waals surface area contributed by atoms with Gasteiger partial charge in [0.15, 0.2) is 0 Å². The number of carbonyl (C=O) groups excluding carboxylic acids is 1. The lowest BCUT2D eigenvalue weighted by molar-refractivity contribution is -0.142. The molecule has 18 heavy (non-hydrogen) atoms. The maximum atomic E-state index is 11.2. The highest BCUT2D eigenvalue weighted by atomic mass is 16.5. The van der Waals surface area contributed by atoms with E-state index in [4.69, 9.17) is 4.74 Å². The van der Waals surface area contributed by atoms with Gasteiger partial charge < -0.3 is 10.1 Å². The van der Waals surface area contributed by atoms with E-state index in [9.17, 15) is 4.79 Å². The van der Waals surface area contributed by atoms with E-state index in [1.165, 1.54) is 6.42 Å². The molecule has 1 saturated carbocycles. The molecule has 0 amide bonds. The van der Waals surface area contributed by atoms with Gasteiger partial charge in [-0.3, -0.25) is 9.48 Å². The molecule has 1 aliphatic rings. The molecule has 1 aromatic rings. The minimum absolute atomic E-state index is 0.169. The standard InChI is InChI=1S/C12H20N4O2/c1-2-18-12(17)6-14-11-4-3-10(5-11)7-16-9-13-8-15-16/h8-11,14H,2-7H2,1H3. The highest BCUT2D eigenvalue weighted by Crippen LogP contribution is 2.26. The van der Waals surface area contributed by atoms with E-state index in [0.29, 0.717) is 25.1 Å². The minimum atomic E-state index is -0.169. The number of hydrogen-bond acceptors (Lipinski definition) is 5. The minimum Gasteiger partial charge on any atom is -0.465 e. The first-order chi connectivity index (χ1) is 8.78. The molecule has 1 aliphatic carbocycles. The third kappa shape index (κ3) is 3.80. The predicted molar refractivity (Wildman–Crippen MR) is 65.8 cm³/mol. The summed E-state index contributed by atoms with van der Waals surface area (Å²) >= 11 is 0. The smallest absolute Gasteiger partial charge is 0.319 e. The van der Waals surface area contributed by atoms with E-state index in [1.807, 2.05) is 11.6 Å². The monoisotopic (exact) mass is 252 g/mol. The molecule has 0 saturated heterocycles. The Morgan fingerprint density at radius 3 is 3.17 bits per heavy atom. The number of carbonyl (C=O) groups is 1. The summed E-state index contributed by atoms with van der Waals surface area (Å²) in [4.78, 5) is 15.2. The second kappa shape index (κ2) is 6.49. The van der Waals surface area contributed by atoms with Crippen molar-refractivity contribution < 1.29 is 9.53 Å². The molecule has 1 N–H and O–H groups in total. The number of hydrogen-bond donors (Lipinski definition) is 1. The Bertz CT molecular complexity index is 366. The molecule has 2 rings (SSSR count). The molecule has 1 aromatic heterocycles. The van der Waals surface area contributed by atoms with Gasteiger partial charge in [-0.15, -0.1) is 0 Å². The maximum Gasteiger partial charge on any atom is 0.319 e. The molecular weight excluding hydrogens is 232 g/mol. The molecule has 2 unspecified atom stereocenters. The summed E-state index contributed by atoms with van der Waals surface area (Å²) in [5.41, 5.74) is 0. The fourth-order valence-corrected chi connectivity index (χ4v) is 2.46. The van der Waals surface area contributed by atoms with Crippen molar-refractivity contribution >= 4 is 5.97 Å². The normalized spacial score (nSPS) is 23.2. The van der Waals surface area contributed by atoms with Crippen LogP contribution in [0, 0.1) is 5.92 Å². The van der Waals surface area contributed by atoms with Crippen molar-refractivity contribution in [3.63, 3.8) is 0 Å². The average molecular weight is 252 g/mol. The molecule has 0 aromatic carbocycles. The van der Waals surface area contributed by atoms with Crippen LogP contribution in [0.25, 0.3) is 0 Å². The van der Waals surface area contributed by atoms with Crippen LogP contribution >= 0.6 is 0 Å². The fraction of sp³-hybridized carbons (Fsp3) is 0.750. The average Bonchev–Trinajstić information content (AvgIpc) is 2.99. The van der Waals surface area contributed by atoms with Crippen LogP contribution in [-0.4, -0.2) is 39.9 Å². The van der Waals surface area contributed by atoms with E-state index in [1.54, 1.807) is 12.7 Å². The SMILES string of the molecule is CCOC(=O)CNC1CCC(Cn2cncn2)C1. The van der Waals surface area contributed by atoms with Gasteiger partial charge >= 0.3 is 5.97 Å². The summed E-state index contributed by atoms with van der Waals surface area (Å²) < 4.78 is 6.76. The highest BCUT2D eigenvalue weighted by Gasteiger charge is 2.25. The van der Waals surface area contributed by atoms with Crippen LogP contribution in [0.3, 0.4) is 0 Å². The number of esters is 1. The number of aromatic nitrogens is 3. The van der Waals surface area contributed by atoms with Crippen LogP contribution in [0.1, 0.15) is 26.2 Å². The molecule has 0 aliphatic heterocycles. The molecule has 100 valence electrons. The molecule has 1 fully saturated rings. The van der Waals surface area contributed by atoms with Gasteiger partial charge in [0.1, 0.15) is 12.7 Å². The maximum absolute atomic E-state index is 11.2. The Morgan fingerprint density at radius 2 is 2.44 bits per heavy atom. The Labute approximate surface area is 107 Å². The van der Waals surface area contributed by atoms with Gasteiger partial charge in [0, 0.05) is 12.6 Å². The highest BCUT2D eigenvalue weighted by molar-refractivity contribution is 5.71. The predicted octanol–water partition coefficient (Wildman–Crippen LogP) is 0.599. The summed E-state index contributed by atoms with van der Waals surface area (Å²) in [6.45, 7) is 3.49. The van der Waals surface area contributed by atoms with Crippen LogP contribution in [0.15, 0.2) is 12.7 Å². The number of rotatable bonds is 6. The second-order valence-electron chi connectivity index (χ2n) is 4.68. The number of nitrogens with one attached hydrogen (secondary N) is 1. The van der Waals surface area contributed by atoms with E-state index >= 15 is 0 Å². The quantitative estimate of drug-likeness (QED) is 0.751. The van der Waals surface area contributed by atoms with Crippen LogP contribution in [0.2, 0.25) is 0 Å². The van der Waals surface area contributed by atoms with Crippen molar-refractivity contribution in [2.24, 2.45) is 5.92 Å². The largest absolute Gasteiger partial charge is 0.465 e. The third-order valence-corrected chi connectivity index (χ3v) is 3.29. The van der Waals surface area contributed by atoms with Gasteiger partial charge in [-0.25, -0.2) is 4.98 Å². The molecule has 0 spiro atoms. The third-order valence-electron chi connectivity index (χ3n) is 3.29. The van der Waals surface area contributed by atoms with Gasteiger partial charge in [0.25, 0.3) is 0 Å². The van der Waals surface area contributed by atoms with Gasteiger partial charge in [-0.1, -0.05) is 0 Å². The number of ether oxygens (including phenoxy) is 1. The Balaban J connectivity index is 1.67. The first-order valence-electron chi connectivity index (χ1n) is 6.49. The molecule has 1 heterocycles. The van der Waals surface area contributed by atoms with Crippen molar-refractivity contribution in [1.29, 1.82) is 0 Å². The van der Waals surface area contributed by atoms with Crippen LogP contribution in [0.4, 0.5) is 0 Å². The summed E-state index contributed by atoms with van der Waals surface area (Å²) in [5.74, 6) is 0.448. The molecular formula is C12H20N4O2. The van der Waals surface area contributed by atoms with E-state index < -0.39 is 0 Å². The van der Waals surface area contributed by atoms with E-state index in [-0.39, 0.29) is 5.97 Å². The van der Waals surface area contributed by atoms with Crippen molar-refractivity contribution in [1.82, 2.24) is 20.1 Å². The van der Waals surface area contributed by atoms with Crippen LogP contribution in [0.5, 0.6) is 0 Å². The second-order valence-corrected chi connectivity index (χ2v) is 4.68. The van der Waals surface area contributed by atoms with Gasteiger partial charge in [-0.2, -0.15) is 5.10 Å². The lowest BCUT2D eigenvalue weighted by Crippen LogP contribution is -2.33. The first-order valence-corrected chi connectivity index (χ1v) is 6.49. The fourth-order valence-electron chi connectivity index (χ4n) is 2.46. The van der Waals surface area contributed by atoms with Crippen molar-refractivity contribution in [2.75, 3.05) is 13.2 Å². The summed E-state index contributed by atoms with van der Waals surface area (Å²) in [6.07, 6.45) is 6.67. The van der Waals surface area contributed by atoms with Crippen LogP contribution < -0.4 is 5.32 Å². The van der Waals surface area contributed by atoms with Crippen LogP contribution in [-0.2, 0) is 16.1 Å². The summed E-state index contributed by atoms with van der Waals surface area (Å²) in [5, 5.41) is 7.37. The van der Waals surface area contributed by atoms with Crippen molar-refractivity contribution in [2.45, 2.75) is 38.8 Å². The van der Waals surface area contributed by atoms with E-state index in [2.05, 4.69) is 15.4 Å². The van der Waals surface area contributed by atoms with Gasteiger partial charge in [0.2, 0.25) is 0 Å². The molecule has 0 bridgehead atoms. The molecule has 2 atom stereocenters. The van der Waals surface area contributed by atoms with Gasteiger partial charge in [-0.05, 0) is 32.1 Å². The van der Waals surface area contributed by atoms with Crippen molar-refractivity contribution in [3.8, 4) is 0 Å². The zero-order valence-corrected chi connectivity index (χ0v) is 10.7. The summed E-state index contributed by atoms with van der Waals surface area (Å²) in [6, 6.07) is 0.419. The lowest BCUT2D eigenvalue weighted by Gasteiger charge is -2.12. The lowest BCUT2D eigenvalue weighted by atomic mass is 10.1. The van der Waals surface area contributed by atoms with Crippen molar-refractivity contribution in [3.05, 3.63) is 12.7 Å². The molecule has 6 nitrogen and oxygen atoms in total. The summed E-state index contributed by atoms with van der Waals surface area (Å²) in [7, 11) is 0. The zero-order chi connectivity index (χ0) is 12.8. The van der Waals surface area contributed by atoms with E-state index in [0.717, 1.165) is 19.4 Å². The first kappa shape index (κ1) is 13.0. The van der Waals surface area contributed by atoms with Gasteiger partial charge in [0.05, 0.1) is 13.2 Å². The zero-order valence-electron chi connectivity index (χ0n) is 10.7. The molecule has 0 radical (unpaired) electrons. The Kier molecular flexibility index (Phi) is 4.69. The Hall–Kier alpha value is -1.43. The number of nitrogens with zero attached hydrogens (tertiary/aromatic N) is 3.